The largest absolute Gasteiger partial charge is 0.369 e. The van der Waals surface area contributed by atoms with Crippen LogP contribution in [0.15, 0.2) is 63.0 Å². The number of nitrogens with two attached hydrogens (primary N) is 1. The van der Waals surface area contributed by atoms with Crippen LogP contribution in [0.2, 0.25) is 0 Å². The van der Waals surface area contributed by atoms with E-state index in [2.05, 4.69) is 41.9 Å². The first-order chi connectivity index (χ1) is 13.4. The molecule has 0 radical (unpaired) electrons. The summed E-state index contributed by atoms with van der Waals surface area (Å²) in [6.45, 7) is 1.98. The number of carbonyl (C=O) groups excluding carboxylic acids is 2. The van der Waals surface area contributed by atoms with Crippen LogP contribution >= 0.6 is 15.9 Å². The molecule has 1 atom stereocenters. The number of hydrogen-bond donors (Lipinski definition) is 4. The lowest BCUT2D eigenvalue weighted by molar-refractivity contribution is -0.123. The normalized spacial score (nSPS) is 16.4. The van der Waals surface area contributed by atoms with Crippen molar-refractivity contribution in [3.8, 4) is 0 Å². The van der Waals surface area contributed by atoms with Gasteiger partial charge in [0.1, 0.15) is 6.04 Å². The Morgan fingerprint density at radius 2 is 1.75 bits per heavy atom. The first kappa shape index (κ1) is 19.6. The van der Waals surface area contributed by atoms with Crippen molar-refractivity contribution in [2.75, 3.05) is 10.6 Å². The molecule has 0 aromatic heterocycles. The van der Waals surface area contributed by atoms with Gasteiger partial charge in [-0.1, -0.05) is 33.6 Å². The number of halogens is 1. The number of amides is 2. The highest BCUT2D eigenvalue weighted by atomic mass is 79.9. The monoisotopic (exact) mass is 442 g/mol. The van der Waals surface area contributed by atoms with Gasteiger partial charge in [0.2, 0.25) is 17.8 Å². The van der Waals surface area contributed by atoms with E-state index in [4.69, 9.17) is 5.73 Å². The van der Waals surface area contributed by atoms with E-state index in [-0.39, 0.29) is 24.2 Å². The quantitative estimate of drug-likeness (QED) is 0.428. The number of aliphatic imine (C=N–C) groups is 2. The van der Waals surface area contributed by atoms with Crippen molar-refractivity contribution in [1.29, 1.82) is 0 Å². The minimum atomic E-state index is -0.846. The second kappa shape index (κ2) is 8.66. The Hall–Kier alpha value is -3.20. The predicted octanol–water partition coefficient (Wildman–Crippen LogP) is 2.37. The Morgan fingerprint density at radius 3 is 2.43 bits per heavy atom. The van der Waals surface area contributed by atoms with E-state index >= 15 is 0 Å². The van der Waals surface area contributed by atoms with Gasteiger partial charge >= 0.3 is 0 Å². The lowest BCUT2D eigenvalue weighted by Gasteiger charge is -2.06. The summed E-state index contributed by atoms with van der Waals surface area (Å²) in [5.74, 6) is -0.554. The number of anilines is 2. The molecule has 0 spiro atoms. The highest BCUT2D eigenvalue weighted by Crippen LogP contribution is 2.15. The van der Waals surface area contributed by atoms with Crippen LogP contribution in [0.4, 0.5) is 11.4 Å². The molecule has 2 amide bonds. The highest BCUT2D eigenvalue weighted by Gasteiger charge is 2.28. The molecular weight excluding hydrogens is 424 g/mol. The molecule has 144 valence electrons. The van der Waals surface area contributed by atoms with Gasteiger partial charge in [-0.3, -0.25) is 14.9 Å². The molecule has 2 aromatic rings. The van der Waals surface area contributed by atoms with Crippen molar-refractivity contribution in [2.45, 2.75) is 19.4 Å². The number of carbonyl (C=O) groups is 2. The Morgan fingerprint density at radius 1 is 1.14 bits per heavy atom. The van der Waals surface area contributed by atoms with Gasteiger partial charge in [-0.25, -0.2) is 4.99 Å². The smallest absolute Gasteiger partial charge is 0.252 e. The van der Waals surface area contributed by atoms with Crippen molar-refractivity contribution < 1.29 is 9.59 Å². The minimum absolute atomic E-state index is 0.0727. The van der Waals surface area contributed by atoms with Gasteiger partial charge < -0.3 is 16.4 Å². The molecule has 1 heterocycles. The molecule has 2 aromatic carbocycles. The zero-order valence-corrected chi connectivity index (χ0v) is 16.7. The lowest BCUT2D eigenvalue weighted by Crippen LogP contribution is -2.32. The molecular formula is C19H19BrN6O2. The van der Waals surface area contributed by atoms with Crippen molar-refractivity contribution in [3.63, 3.8) is 0 Å². The summed E-state index contributed by atoms with van der Waals surface area (Å²) >= 11 is 3.33. The van der Waals surface area contributed by atoms with E-state index in [1.165, 1.54) is 0 Å². The summed E-state index contributed by atoms with van der Waals surface area (Å²) in [6, 6.07) is 13.9. The third kappa shape index (κ3) is 5.40. The fourth-order valence-corrected chi connectivity index (χ4v) is 2.74. The van der Waals surface area contributed by atoms with Crippen LogP contribution < -0.4 is 21.7 Å². The average molecular weight is 443 g/mol. The average Bonchev–Trinajstić information content (AvgIpc) is 2.97. The first-order valence-electron chi connectivity index (χ1n) is 8.51. The maximum Gasteiger partial charge on any atom is 0.252 e. The Bertz CT molecular complexity index is 938. The Labute approximate surface area is 170 Å². The van der Waals surface area contributed by atoms with Crippen molar-refractivity contribution in [2.24, 2.45) is 15.7 Å². The predicted molar refractivity (Wildman–Crippen MR) is 113 cm³/mol. The van der Waals surface area contributed by atoms with Crippen LogP contribution in [-0.4, -0.2) is 29.8 Å². The van der Waals surface area contributed by atoms with E-state index in [9.17, 15) is 9.59 Å². The summed E-state index contributed by atoms with van der Waals surface area (Å²) < 4.78 is 0.907. The van der Waals surface area contributed by atoms with Crippen LogP contribution in [0.3, 0.4) is 0 Å². The zero-order valence-electron chi connectivity index (χ0n) is 15.1. The highest BCUT2D eigenvalue weighted by molar-refractivity contribution is 9.10. The summed E-state index contributed by atoms with van der Waals surface area (Å²) in [5, 5.41) is 8.17. The summed E-state index contributed by atoms with van der Waals surface area (Å²) in [7, 11) is 0. The van der Waals surface area contributed by atoms with E-state index in [1.807, 2.05) is 43.3 Å². The molecule has 5 N–H and O–H groups in total. The lowest BCUT2D eigenvalue weighted by atomic mass is 10.2. The van der Waals surface area contributed by atoms with Crippen LogP contribution in [0.1, 0.15) is 12.0 Å². The van der Waals surface area contributed by atoms with E-state index < -0.39 is 11.9 Å². The summed E-state index contributed by atoms with van der Waals surface area (Å²) in [5.41, 5.74) is 8.38. The second-order valence-corrected chi connectivity index (χ2v) is 7.12. The molecule has 8 nitrogen and oxygen atoms in total. The molecule has 3 rings (SSSR count). The van der Waals surface area contributed by atoms with E-state index in [0.29, 0.717) is 5.69 Å². The molecule has 1 aliphatic heterocycles. The number of benzene rings is 2. The molecule has 0 fully saturated rings. The molecule has 28 heavy (non-hydrogen) atoms. The number of nitrogens with zero attached hydrogens (tertiary/aromatic N) is 2. The van der Waals surface area contributed by atoms with Crippen LogP contribution in [-0.2, 0) is 9.59 Å². The Kier molecular flexibility index (Phi) is 6.05. The van der Waals surface area contributed by atoms with Gasteiger partial charge in [0, 0.05) is 15.8 Å². The van der Waals surface area contributed by atoms with Gasteiger partial charge in [0.15, 0.2) is 0 Å². The third-order valence-electron chi connectivity index (χ3n) is 3.87. The SMILES string of the molecule is Cc1ccc(N/C(N)=N/C2=NC(CC(=O)Nc3ccc(Br)cc3)C(=O)N2)cc1. The zero-order chi connectivity index (χ0) is 20.1. The molecule has 1 aliphatic rings. The topological polar surface area (TPSA) is 121 Å². The molecule has 1 unspecified atom stereocenters. The number of aryl methyl sites for hydroxylation is 1. The van der Waals surface area contributed by atoms with E-state index in [0.717, 1.165) is 15.7 Å². The Balaban J connectivity index is 1.59. The van der Waals surface area contributed by atoms with Gasteiger partial charge in [-0.05, 0) is 43.3 Å². The number of guanidine groups is 2. The maximum atomic E-state index is 12.2. The molecule has 0 bridgehead atoms. The number of rotatable bonds is 4. The van der Waals surface area contributed by atoms with Crippen molar-refractivity contribution >= 4 is 51.0 Å². The summed E-state index contributed by atoms with van der Waals surface area (Å²) in [4.78, 5) is 32.4. The number of hydrogen-bond acceptors (Lipinski definition) is 4. The molecule has 0 saturated carbocycles. The standard InChI is InChI=1S/C19H19BrN6O2/c1-11-2-6-14(7-3-11)23-18(21)26-19-24-15(17(28)25-19)10-16(27)22-13-8-4-12(20)5-9-13/h2-9,15H,10H2,1H3,(H,22,27)(H4,21,23,24,25,26,28). The van der Waals surface area contributed by atoms with Gasteiger partial charge in [-0.15, -0.1) is 0 Å². The van der Waals surface area contributed by atoms with Gasteiger partial charge in [0.05, 0.1) is 6.42 Å². The van der Waals surface area contributed by atoms with Crippen molar-refractivity contribution in [1.82, 2.24) is 5.32 Å². The molecule has 9 heteroatoms. The van der Waals surface area contributed by atoms with Gasteiger partial charge in [0.25, 0.3) is 5.91 Å². The third-order valence-corrected chi connectivity index (χ3v) is 4.40. The summed E-state index contributed by atoms with van der Waals surface area (Å²) in [6.07, 6.45) is -0.0911. The maximum absolute atomic E-state index is 12.2. The second-order valence-electron chi connectivity index (χ2n) is 6.21. The van der Waals surface area contributed by atoms with Crippen LogP contribution in [0.25, 0.3) is 0 Å². The van der Waals surface area contributed by atoms with Crippen LogP contribution in [0.5, 0.6) is 0 Å². The van der Waals surface area contributed by atoms with Crippen molar-refractivity contribution in [3.05, 3.63) is 58.6 Å². The molecule has 0 saturated heterocycles. The molecule has 0 aliphatic carbocycles. The first-order valence-corrected chi connectivity index (χ1v) is 9.30. The fourth-order valence-electron chi connectivity index (χ4n) is 2.47. The number of nitrogens with one attached hydrogen (secondary N) is 3. The van der Waals surface area contributed by atoms with E-state index in [1.54, 1.807) is 12.1 Å². The van der Waals surface area contributed by atoms with Crippen LogP contribution in [0, 0.1) is 6.92 Å². The fraction of sp³-hybridized carbons (Fsp3) is 0.158. The minimum Gasteiger partial charge on any atom is -0.369 e. The van der Waals surface area contributed by atoms with Gasteiger partial charge in [-0.2, -0.15) is 4.99 Å².